The quantitative estimate of drug-likeness (QED) is 0.781. The van der Waals surface area contributed by atoms with E-state index in [-0.39, 0.29) is 0 Å². The molecule has 0 N–H and O–H groups in total. The van der Waals surface area contributed by atoms with Crippen LogP contribution in [0, 0.1) is 5.92 Å². The first-order valence-electron chi connectivity index (χ1n) is 7.05. The highest BCUT2D eigenvalue weighted by Gasteiger charge is 2.44. The summed E-state index contributed by atoms with van der Waals surface area (Å²) in [6, 6.07) is 11.4. The molecule has 2 nitrogen and oxygen atoms in total. The summed E-state index contributed by atoms with van der Waals surface area (Å²) in [5, 5.41) is 0. The monoisotopic (exact) mass is 243 g/mol. The number of hydrogen-bond acceptors (Lipinski definition) is 1. The van der Waals surface area contributed by atoms with Gasteiger partial charge < -0.3 is 4.90 Å². The molecule has 1 saturated carbocycles. The first-order chi connectivity index (χ1) is 8.68. The van der Waals surface area contributed by atoms with E-state index >= 15 is 0 Å². The fraction of sp³-hybridized carbons (Fsp3) is 0.562. The highest BCUT2D eigenvalue weighted by molar-refractivity contribution is 5.82. The van der Waals surface area contributed by atoms with Crippen LogP contribution in [0.5, 0.6) is 0 Å². The molecule has 0 spiro atoms. The molecule has 0 unspecified atom stereocenters. The highest BCUT2D eigenvalue weighted by atomic mass is 16.2. The molecule has 1 amide bonds. The van der Waals surface area contributed by atoms with Gasteiger partial charge in [0.1, 0.15) is 0 Å². The first-order valence-corrected chi connectivity index (χ1v) is 7.05. The smallest absolute Gasteiger partial charge is 0.226 e. The second-order valence-electron chi connectivity index (χ2n) is 5.86. The maximum absolute atomic E-state index is 12.3. The molecule has 3 rings (SSSR count). The summed E-state index contributed by atoms with van der Waals surface area (Å²) >= 11 is 0. The SMILES string of the molecule is C[C@@H]1C[C@@H](c2ccccc2)[C@@H](C)N1C(=O)C1CC1. The van der Waals surface area contributed by atoms with Crippen molar-refractivity contribution < 1.29 is 4.79 Å². The van der Waals surface area contributed by atoms with Gasteiger partial charge in [-0.2, -0.15) is 0 Å². The summed E-state index contributed by atoms with van der Waals surface area (Å²) < 4.78 is 0. The van der Waals surface area contributed by atoms with Gasteiger partial charge in [-0.15, -0.1) is 0 Å². The number of nitrogens with zero attached hydrogens (tertiary/aromatic N) is 1. The molecular weight excluding hydrogens is 222 g/mol. The summed E-state index contributed by atoms with van der Waals surface area (Å²) in [4.78, 5) is 14.5. The number of carbonyl (C=O) groups excluding carboxylic acids is 1. The van der Waals surface area contributed by atoms with Gasteiger partial charge in [0, 0.05) is 23.9 Å². The van der Waals surface area contributed by atoms with Gasteiger partial charge in [-0.3, -0.25) is 4.79 Å². The lowest BCUT2D eigenvalue weighted by Gasteiger charge is -2.28. The van der Waals surface area contributed by atoms with Crippen molar-refractivity contribution in [3.8, 4) is 0 Å². The van der Waals surface area contributed by atoms with E-state index in [1.807, 2.05) is 0 Å². The Morgan fingerprint density at radius 2 is 1.83 bits per heavy atom. The minimum Gasteiger partial charge on any atom is -0.336 e. The average molecular weight is 243 g/mol. The lowest BCUT2D eigenvalue weighted by molar-refractivity contribution is -0.134. The molecule has 1 aromatic rings. The molecule has 18 heavy (non-hydrogen) atoms. The van der Waals surface area contributed by atoms with Gasteiger partial charge in [0.25, 0.3) is 0 Å². The van der Waals surface area contributed by atoms with Crippen LogP contribution in [0.25, 0.3) is 0 Å². The number of rotatable bonds is 2. The van der Waals surface area contributed by atoms with Crippen molar-refractivity contribution >= 4 is 5.91 Å². The predicted octanol–water partition coefficient (Wildman–Crippen LogP) is 3.19. The van der Waals surface area contributed by atoms with E-state index in [2.05, 4.69) is 49.1 Å². The van der Waals surface area contributed by atoms with E-state index in [1.54, 1.807) is 0 Å². The number of likely N-dealkylation sites (tertiary alicyclic amines) is 1. The number of hydrogen-bond donors (Lipinski definition) is 0. The third-order valence-corrected chi connectivity index (χ3v) is 4.50. The van der Waals surface area contributed by atoms with E-state index in [0.717, 1.165) is 19.3 Å². The average Bonchev–Trinajstić information content (AvgIpc) is 3.17. The molecule has 1 heterocycles. The molecule has 0 bridgehead atoms. The van der Waals surface area contributed by atoms with E-state index < -0.39 is 0 Å². The maximum Gasteiger partial charge on any atom is 0.226 e. The maximum atomic E-state index is 12.3. The van der Waals surface area contributed by atoms with Gasteiger partial charge in [0.15, 0.2) is 0 Å². The molecule has 96 valence electrons. The van der Waals surface area contributed by atoms with Crippen LogP contribution >= 0.6 is 0 Å². The summed E-state index contributed by atoms with van der Waals surface area (Å²) in [5.41, 5.74) is 1.38. The highest BCUT2D eigenvalue weighted by Crippen LogP contribution is 2.41. The number of benzene rings is 1. The van der Waals surface area contributed by atoms with Gasteiger partial charge in [-0.1, -0.05) is 30.3 Å². The zero-order valence-electron chi connectivity index (χ0n) is 11.2. The van der Waals surface area contributed by atoms with Crippen LogP contribution in [-0.4, -0.2) is 22.9 Å². The van der Waals surface area contributed by atoms with E-state index in [9.17, 15) is 4.79 Å². The Balaban J connectivity index is 1.81. The number of carbonyl (C=O) groups is 1. The topological polar surface area (TPSA) is 20.3 Å². The molecule has 1 aliphatic carbocycles. The molecule has 0 radical (unpaired) electrons. The summed E-state index contributed by atoms with van der Waals surface area (Å²) in [7, 11) is 0. The second-order valence-corrected chi connectivity index (χ2v) is 5.86. The zero-order valence-corrected chi connectivity index (χ0v) is 11.2. The van der Waals surface area contributed by atoms with Crippen molar-refractivity contribution in [3.63, 3.8) is 0 Å². The molecule has 2 heteroatoms. The van der Waals surface area contributed by atoms with Crippen LogP contribution in [0.15, 0.2) is 30.3 Å². The third-order valence-electron chi connectivity index (χ3n) is 4.50. The molecule has 1 aromatic carbocycles. The third kappa shape index (κ3) is 1.94. The Hall–Kier alpha value is -1.31. The molecule has 3 atom stereocenters. The Labute approximate surface area is 109 Å². The molecule has 1 aliphatic heterocycles. The fourth-order valence-corrected chi connectivity index (χ4v) is 3.35. The Bertz CT molecular complexity index is 438. The summed E-state index contributed by atoms with van der Waals surface area (Å²) in [6.07, 6.45) is 3.30. The molecule has 1 saturated heterocycles. The zero-order chi connectivity index (χ0) is 12.7. The summed E-state index contributed by atoms with van der Waals surface area (Å²) in [5.74, 6) is 1.24. The van der Waals surface area contributed by atoms with E-state index in [0.29, 0.717) is 29.8 Å². The predicted molar refractivity (Wildman–Crippen MR) is 72.3 cm³/mol. The molecule has 2 aliphatic rings. The van der Waals surface area contributed by atoms with Gasteiger partial charge in [0.05, 0.1) is 0 Å². The van der Waals surface area contributed by atoms with Crippen LogP contribution in [0.2, 0.25) is 0 Å². The molecular formula is C16H21NO. The van der Waals surface area contributed by atoms with Crippen LogP contribution in [0.3, 0.4) is 0 Å². The van der Waals surface area contributed by atoms with Crippen molar-refractivity contribution in [1.82, 2.24) is 4.90 Å². The van der Waals surface area contributed by atoms with E-state index in [1.165, 1.54) is 5.56 Å². The van der Waals surface area contributed by atoms with Crippen molar-refractivity contribution in [1.29, 1.82) is 0 Å². The normalized spacial score (nSPS) is 31.7. The largest absolute Gasteiger partial charge is 0.336 e. The van der Waals surface area contributed by atoms with E-state index in [4.69, 9.17) is 0 Å². The second kappa shape index (κ2) is 4.42. The first kappa shape index (κ1) is 11.8. The Morgan fingerprint density at radius 3 is 2.44 bits per heavy atom. The van der Waals surface area contributed by atoms with Crippen molar-refractivity contribution in [2.24, 2.45) is 5.92 Å². The van der Waals surface area contributed by atoms with Gasteiger partial charge in [-0.05, 0) is 38.7 Å². The standard InChI is InChI=1S/C16H21NO/c1-11-10-15(13-6-4-3-5-7-13)12(2)17(11)16(18)14-8-9-14/h3-7,11-12,14-15H,8-10H2,1-2H3/t11-,12-,15-/m1/s1. The number of amides is 1. The van der Waals surface area contributed by atoms with Crippen LogP contribution in [-0.2, 0) is 4.79 Å². The summed E-state index contributed by atoms with van der Waals surface area (Å²) in [6.45, 7) is 4.40. The van der Waals surface area contributed by atoms with Gasteiger partial charge in [0.2, 0.25) is 5.91 Å². The van der Waals surface area contributed by atoms with Crippen LogP contribution in [0.1, 0.15) is 44.6 Å². The van der Waals surface area contributed by atoms with Crippen molar-refractivity contribution in [3.05, 3.63) is 35.9 Å². The molecule has 0 aromatic heterocycles. The minimum atomic E-state index is 0.337. The van der Waals surface area contributed by atoms with Gasteiger partial charge in [-0.25, -0.2) is 0 Å². The van der Waals surface area contributed by atoms with Crippen LogP contribution < -0.4 is 0 Å². The van der Waals surface area contributed by atoms with Gasteiger partial charge >= 0.3 is 0 Å². The van der Waals surface area contributed by atoms with Crippen molar-refractivity contribution in [2.75, 3.05) is 0 Å². The van der Waals surface area contributed by atoms with Crippen molar-refractivity contribution in [2.45, 2.75) is 51.1 Å². The molecule has 2 fully saturated rings. The Morgan fingerprint density at radius 1 is 1.17 bits per heavy atom. The fourth-order valence-electron chi connectivity index (χ4n) is 3.35. The minimum absolute atomic E-state index is 0.337. The Kier molecular flexibility index (Phi) is 2.89. The lowest BCUT2D eigenvalue weighted by atomic mass is 9.92. The lowest BCUT2D eigenvalue weighted by Crippen LogP contribution is -2.40. The van der Waals surface area contributed by atoms with Crippen LogP contribution in [0.4, 0.5) is 0 Å².